The van der Waals surface area contributed by atoms with Crippen LogP contribution in [0.25, 0.3) is 0 Å². The number of amides is 1. The third-order valence-corrected chi connectivity index (χ3v) is 4.00. The van der Waals surface area contributed by atoms with Crippen LogP contribution in [0.2, 0.25) is 0 Å². The van der Waals surface area contributed by atoms with Crippen molar-refractivity contribution in [1.29, 1.82) is 0 Å². The van der Waals surface area contributed by atoms with Crippen LogP contribution in [0.3, 0.4) is 0 Å². The van der Waals surface area contributed by atoms with E-state index in [1.165, 1.54) is 0 Å². The molecule has 0 spiro atoms. The molecule has 1 amide bonds. The van der Waals surface area contributed by atoms with Gasteiger partial charge in [0.05, 0.1) is 32.1 Å². The lowest BCUT2D eigenvalue weighted by molar-refractivity contribution is -0.151. The van der Waals surface area contributed by atoms with E-state index in [0.717, 1.165) is 17.6 Å². The largest absolute Gasteiger partial charge is 0.479 e. The van der Waals surface area contributed by atoms with E-state index in [1.54, 1.807) is 0 Å². The van der Waals surface area contributed by atoms with Crippen molar-refractivity contribution in [1.82, 2.24) is 4.90 Å². The van der Waals surface area contributed by atoms with E-state index in [1.807, 2.05) is 6.92 Å². The van der Waals surface area contributed by atoms with Crippen molar-refractivity contribution >= 4 is 22.2 Å². The monoisotopic (exact) mass is 339 g/mol. The number of ether oxygens (including phenoxy) is 1. The van der Waals surface area contributed by atoms with Crippen LogP contribution in [-0.2, 0) is 23.8 Å². The molecule has 22 heavy (non-hydrogen) atoms. The van der Waals surface area contributed by atoms with Gasteiger partial charge in [0.2, 0.25) is 0 Å². The minimum atomic E-state index is -3.82. The third-order valence-electron chi connectivity index (χ3n) is 3.38. The molecule has 128 valence electrons. The summed E-state index contributed by atoms with van der Waals surface area (Å²) in [5.74, 6) is -1.44. The average molecular weight is 339 g/mol. The zero-order valence-electron chi connectivity index (χ0n) is 12.5. The van der Waals surface area contributed by atoms with Gasteiger partial charge in [-0.25, -0.2) is 9.59 Å². The van der Waals surface area contributed by atoms with Gasteiger partial charge in [-0.2, -0.15) is 8.42 Å². The van der Waals surface area contributed by atoms with Crippen LogP contribution in [0.4, 0.5) is 4.79 Å². The number of aliphatic carboxylic acids is 1. The number of carbonyl (C=O) groups is 2. The Morgan fingerprint density at radius 1 is 1.41 bits per heavy atom. The molecule has 10 heteroatoms. The Hall–Kier alpha value is -1.39. The van der Waals surface area contributed by atoms with Crippen LogP contribution in [-0.4, -0.2) is 73.3 Å². The Morgan fingerprint density at radius 2 is 2.05 bits per heavy atom. The molecule has 1 aliphatic rings. The number of aliphatic hydroxyl groups excluding tert-OH is 1. The fraction of sp³-hybridized carbons (Fsp3) is 0.833. The van der Waals surface area contributed by atoms with Crippen molar-refractivity contribution in [3.05, 3.63) is 0 Å². The van der Waals surface area contributed by atoms with Gasteiger partial charge in [0.15, 0.2) is 5.54 Å². The first-order chi connectivity index (χ1) is 10.2. The highest BCUT2D eigenvalue weighted by Gasteiger charge is 2.55. The Bertz CT molecular complexity index is 519. The Labute approximate surface area is 128 Å². The van der Waals surface area contributed by atoms with Crippen LogP contribution in [0.15, 0.2) is 0 Å². The van der Waals surface area contributed by atoms with Crippen LogP contribution in [0.5, 0.6) is 0 Å². The first-order valence-electron chi connectivity index (χ1n) is 6.83. The number of aliphatic hydroxyl groups is 1. The van der Waals surface area contributed by atoms with Gasteiger partial charge in [-0.1, -0.05) is 13.3 Å². The van der Waals surface area contributed by atoms with E-state index in [4.69, 9.17) is 8.92 Å². The van der Waals surface area contributed by atoms with Crippen molar-refractivity contribution in [2.24, 2.45) is 0 Å². The smallest absolute Gasteiger partial charge is 0.410 e. The van der Waals surface area contributed by atoms with Gasteiger partial charge in [-0.05, 0) is 6.42 Å². The molecule has 9 nitrogen and oxygen atoms in total. The molecular weight excluding hydrogens is 318 g/mol. The SMILES string of the molecule is CCCCOC(=O)N1CC(OS(C)(=O)=O)C[C@@]1(CO)C(=O)O. The molecule has 1 saturated heterocycles. The molecule has 1 rings (SSSR count). The molecule has 0 bridgehead atoms. The molecule has 0 saturated carbocycles. The van der Waals surface area contributed by atoms with Gasteiger partial charge in [0, 0.05) is 6.42 Å². The standard InChI is InChI=1S/C12H21NO8S/c1-3-4-5-20-11(17)13-7-9(21-22(2,18)19)6-12(13,8-14)10(15)16/h9,14H,3-8H2,1-2H3,(H,15,16)/t9?,12-/m1/s1. The molecule has 2 N–H and O–H groups in total. The second-order valence-corrected chi connectivity index (χ2v) is 6.80. The summed E-state index contributed by atoms with van der Waals surface area (Å²) in [5, 5.41) is 18.8. The number of carboxylic acids is 1. The summed E-state index contributed by atoms with van der Waals surface area (Å²) in [7, 11) is -3.82. The third kappa shape index (κ3) is 4.31. The van der Waals surface area contributed by atoms with Gasteiger partial charge in [0.25, 0.3) is 10.1 Å². The molecule has 0 aromatic rings. The lowest BCUT2D eigenvalue weighted by Gasteiger charge is -2.31. The maximum absolute atomic E-state index is 12.0. The number of nitrogens with zero attached hydrogens (tertiary/aromatic N) is 1. The maximum Gasteiger partial charge on any atom is 0.410 e. The van der Waals surface area contributed by atoms with Crippen LogP contribution >= 0.6 is 0 Å². The molecule has 0 aromatic carbocycles. The fourth-order valence-corrected chi connectivity index (χ4v) is 2.92. The molecule has 0 radical (unpaired) electrons. The van der Waals surface area contributed by atoms with Gasteiger partial charge in [0.1, 0.15) is 0 Å². The van der Waals surface area contributed by atoms with Crippen molar-refractivity contribution < 1.29 is 37.1 Å². The molecule has 1 heterocycles. The fourth-order valence-electron chi connectivity index (χ4n) is 2.29. The average Bonchev–Trinajstić information content (AvgIpc) is 2.76. The van der Waals surface area contributed by atoms with Gasteiger partial charge in [-0.3, -0.25) is 9.08 Å². The molecule has 0 aromatic heterocycles. The summed E-state index contributed by atoms with van der Waals surface area (Å²) in [4.78, 5) is 24.4. The van der Waals surface area contributed by atoms with Crippen molar-refractivity contribution in [2.45, 2.75) is 37.8 Å². The van der Waals surface area contributed by atoms with Crippen LogP contribution < -0.4 is 0 Å². The minimum Gasteiger partial charge on any atom is -0.479 e. The number of likely N-dealkylation sites (tertiary alicyclic amines) is 1. The quantitative estimate of drug-likeness (QED) is 0.481. The van der Waals surface area contributed by atoms with Gasteiger partial charge in [-0.15, -0.1) is 0 Å². The number of hydrogen-bond donors (Lipinski definition) is 2. The van der Waals surface area contributed by atoms with Crippen molar-refractivity contribution in [2.75, 3.05) is 26.0 Å². The topological polar surface area (TPSA) is 130 Å². The number of hydrogen-bond acceptors (Lipinski definition) is 7. The predicted molar refractivity (Wildman–Crippen MR) is 74.7 cm³/mol. The van der Waals surface area contributed by atoms with Gasteiger partial charge < -0.3 is 14.9 Å². The summed E-state index contributed by atoms with van der Waals surface area (Å²) < 4.78 is 32.1. The number of unbranched alkanes of at least 4 members (excludes halogenated alkanes) is 1. The Kier molecular flexibility index (Phi) is 6.15. The number of rotatable bonds is 7. The Balaban J connectivity index is 2.94. The molecule has 2 atom stereocenters. The summed E-state index contributed by atoms with van der Waals surface area (Å²) in [5.41, 5.74) is -1.95. The van der Waals surface area contributed by atoms with E-state index in [9.17, 15) is 28.2 Å². The first-order valence-corrected chi connectivity index (χ1v) is 8.65. The zero-order valence-corrected chi connectivity index (χ0v) is 13.3. The van der Waals surface area contributed by atoms with E-state index < -0.39 is 40.4 Å². The molecule has 0 aliphatic carbocycles. The Morgan fingerprint density at radius 3 is 2.50 bits per heavy atom. The number of carboxylic acid groups (broad SMARTS) is 1. The summed E-state index contributed by atoms with van der Waals surface area (Å²) in [6, 6.07) is 0. The summed E-state index contributed by atoms with van der Waals surface area (Å²) in [6.45, 7) is 0.860. The van der Waals surface area contributed by atoms with Crippen LogP contribution in [0, 0.1) is 0 Å². The van der Waals surface area contributed by atoms with Crippen molar-refractivity contribution in [3.63, 3.8) is 0 Å². The molecule has 1 unspecified atom stereocenters. The molecule has 1 fully saturated rings. The maximum atomic E-state index is 12.0. The normalized spacial score (nSPS) is 25.2. The molecule has 1 aliphatic heterocycles. The highest BCUT2D eigenvalue weighted by Crippen LogP contribution is 2.32. The van der Waals surface area contributed by atoms with Crippen LogP contribution in [0.1, 0.15) is 26.2 Å². The summed E-state index contributed by atoms with van der Waals surface area (Å²) >= 11 is 0. The van der Waals surface area contributed by atoms with Crippen molar-refractivity contribution in [3.8, 4) is 0 Å². The van der Waals surface area contributed by atoms with E-state index in [2.05, 4.69) is 0 Å². The van der Waals surface area contributed by atoms with E-state index in [-0.39, 0.29) is 19.6 Å². The second-order valence-electron chi connectivity index (χ2n) is 5.20. The first kappa shape index (κ1) is 18.7. The van der Waals surface area contributed by atoms with Gasteiger partial charge >= 0.3 is 12.1 Å². The van der Waals surface area contributed by atoms with E-state index in [0.29, 0.717) is 6.42 Å². The highest BCUT2D eigenvalue weighted by atomic mass is 32.2. The lowest BCUT2D eigenvalue weighted by Crippen LogP contribution is -2.55. The minimum absolute atomic E-state index is 0.116. The predicted octanol–water partition coefficient (Wildman–Crippen LogP) is -0.211. The molecular formula is C12H21NO8S. The summed E-state index contributed by atoms with van der Waals surface area (Å²) in [6.07, 6.45) is -0.0635. The highest BCUT2D eigenvalue weighted by molar-refractivity contribution is 7.86. The zero-order chi connectivity index (χ0) is 17.0. The second kappa shape index (κ2) is 7.25. The van der Waals surface area contributed by atoms with E-state index >= 15 is 0 Å². The lowest BCUT2D eigenvalue weighted by atomic mass is 9.97. The number of carbonyl (C=O) groups excluding carboxylic acids is 1.